The first-order chi connectivity index (χ1) is 17.2. The normalized spacial score (nSPS) is 30.1. The average Bonchev–Trinajstić information content (AvgIpc) is 3.08. The van der Waals surface area contributed by atoms with Gasteiger partial charge in [0.2, 0.25) is 0 Å². The van der Waals surface area contributed by atoms with Gasteiger partial charge in [-0.3, -0.25) is 0 Å². The molecular formula is C26H26ClFN6O2. The van der Waals surface area contributed by atoms with E-state index in [-0.39, 0.29) is 35.3 Å². The lowest BCUT2D eigenvalue weighted by molar-refractivity contribution is -0.161. The van der Waals surface area contributed by atoms with E-state index in [1.54, 1.807) is 12.1 Å². The van der Waals surface area contributed by atoms with Crippen LogP contribution in [0.25, 0.3) is 21.9 Å². The lowest BCUT2D eigenvalue weighted by atomic mass is 9.91. The summed E-state index contributed by atoms with van der Waals surface area (Å²) in [6, 6.07) is 6.92. The van der Waals surface area contributed by atoms with E-state index in [1.807, 2.05) is 26.1 Å². The quantitative estimate of drug-likeness (QED) is 0.412. The Bertz CT molecular complexity index is 1560. The van der Waals surface area contributed by atoms with Crippen molar-refractivity contribution < 1.29 is 13.9 Å². The number of pyridine rings is 1. The lowest BCUT2D eigenvalue weighted by Crippen LogP contribution is -2.32. The fourth-order valence-corrected chi connectivity index (χ4v) is 6.81. The summed E-state index contributed by atoms with van der Waals surface area (Å²) in [6.45, 7) is 3.90. The van der Waals surface area contributed by atoms with Gasteiger partial charge in [-0.15, -0.1) is 0 Å². The Hall–Kier alpha value is -3.01. The third kappa shape index (κ3) is 3.09. The van der Waals surface area contributed by atoms with Gasteiger partial charge in [-0.05, 0) is 68.9 Å². The molecule has 0 spiro atoms. The highest BCUT2D eigenvalue weighted by atomic mass is 35.5. The first-order valence-electron chi connectivity index (χ1n) is 12.1. The predicted molar refractivity (Wildman–Crippen MR) is 135 cm³/mol. The molecule has 0 unspecified atom stereocenters. The van der Waals surface area contributed by atoms with Crippen molar-refractivity contribution in [3.63, 3.8) is 0 Å². The van der Waals surface area contributed by atoms with Crippen LogP contribution in [0.3, 0.4) is 0 Å². The van der Waals surface area contributed by atoms with E-state index in [0.717, 1.165) is 23.9 Å². The Labute approximate surface area is 211 Å². The Morgan fingerprint density at radius 1 is 1.17 bits per heavy atom. The summed E-state index contributed by atoms with van der Waals surface area (Å²) < 4.78 is 30.2. The number of aromatic nitrogens is 4. The van der Waals surface area contributed by atoms with Crippen molar-refractivity contribution >= 4 is 45.2 Å². The molecule has 3 aromatic heterocycles. The first-order valence-corrected chi connectivity index (χ1v) is 12.5. The molecule has 4 heterocycles. The summed E-state index contributed by atoms with van der Waals surface area (Å²) in [5.41, 5.74) is 13.9. The summed E-state index contributed by atoms with van der Waals surface area (Å²) >= 11 is 6.07. The highest BCUT2D eigenvalue weighted by molar-refractivity contribution is 6.33. The van der Waals surface area contributed by atoms with Crippen LogP contribution in [-0.2, 0) is 15.9 Å². The molecular weight excluding hydrogens is 483 g/mol. The van der Waals surface area contributed by atoms with Crippen molar-refractivity contribution in [1.82, 2.24) is 19.5 Å². The van der Waals surface area contributed by atoms with Crippen LogP contribution in [0.1, 0.15) is 38.3 Å². The Balaban J connectivity index is 1.23. The second-order valence-electron chi connectivity index (χ2n) is 10.8. The minimum atomic E-state index is -0.694. The van der Waals surface area contributed by atoms with Gasteiger partial charge in [0, 0.05) is 17.0 Å². The fourth-order valence-electron chi connectivity index (χ4n) is 6.65. The van der Waals surface area contributed by atoms with Crippen molar-refractivity contribution in [3.8, 4) is 0 Å². The number of nitrogen functional groups attached to an aromatic ring is 2. The Kier molecular flexibility index (Phi) is 4.49. The maximum absolute atomic E-state index is 15.1. The number of halogens is 2. The van der Waals surface area contributed by atoms with Crippen molar-refractivity contribution in [2.75, 3.05) is 11.5 Å². The highest BCUT2D eigenvalue weighted by Crippen LogP contribution is 2.73. The van der Waals surface area contributed by atoms with Crippen LogP contribution in [0.4, 0.5) is 16.0 Å². The second kappa shape index (κ2) is 7.27. The van der Waals surface area contributed by atoms with Gasteiger partial charge >= 0.3 is 0 Å². The number of anilines is 2. The molecule has 4 N–H and O–H groups in total. The van der Waals surface area contributed by atoms with Gasteiger partial charge in [-0.25, -0.2) is 19.3 Å². The Morgan fingerprint density at radius 2 is 2.00 bits per heavy atom. The van der Waals surface area contributed by atoms with Crippen molar-refractivity contribution in [3.05, 3.63) is 53.2 Å². The SMILES string of the molecule is CC1(C)O[C@H]2[C@H](n3ccc4c(N)ncnc43)[C@H]3C[C@]3(CCc3cc4nc(N)c(Cl)cc4cc3F)[C@H]2O1. The molecule has 36 heavy (non-hydrogen) atoms. The predicted octanol–water partition coefficient (Wildman–Crippen LogP) is 4.65. The van der Waals surface area contributed by atoms with Crippen LogP contribution in [0, 0.1) is 17.2 Å². The third-order valence-corrected chi connectivity index (χ3v) is 8.61. The maximum atomic E-state index is 15.1. The number of fused-ring (bicyclic) bond motifs is 5. The summed E-state index contributed by atoms with van der Waals surface area (Å²) in [6.07, 6.45) is 5.61. The molecule has 1 aromatic carbocycles. The van der Waals surface area contributed by atoms with Gasteiger partial charge in [0.15, 0.2) is 5.79 Å². The van der Waals surface area contributed by atoms with Crippen LogP contribution < -0.4 is 11.5 Å². The lowest BCUT2D eigenvalue weighted by Gasteiger charge is -2.24. The van der Waals surface area contributed by atoms with Crippen molar-refractivity contribution in [2.45, 2.75) is 57.1 Å². The molecule has 10 heteroatoms. The zero-order valence-corrected chi connectivity index (χ0v) is 20.7. The van der Waals surface area contributed by atoms with Crippen LogP contribution in [-0.4, -0.2) is 37.5 Å². The summed E-state index contributed by atoms with van der Waals surface area (Å²) in [5, 5.41) is 1.78. The molecule has 0 bridgehead atoms. The zero-order chi connectivity index (χ0) is 25.0. The molecule has 2 aliphatic carbocycles. The van der Waals surface area contributed by atoms with Gasteiger partial charge in [-0.1, -0.05) is 11.6 Å². The third-order valence-electron chi connectivity index (χ3n) is 8.31. The van der Waals surface area contributed by atoms with Crippen LogP contribution in [0.15, 0.2) is 36.8 Å². The molecule has 8 nitrogen and oxygen atoms in total. The smallest absolute Gasteiger partial charge is 0.163 e. The Morgan fingerprint density at radius 3 is 2.83 bits per heavy atom. The van der Waals surface area contributed by atoms with E-state index in [2.05, 4.69) is 19.5 Å². The molecule has 4 aromatic rings. The number of hydrogen-bond acceptors (Lipinski definition) is 7. The maximum Gasteiger partial charge on any atom is 0.163 e. The number of benzene rings is 1. The topological polar surface area (TPSA) is 114 Å². The van der Waals surface area contributed by atoms with Crippen LogP contribution in [0.2, 0.25) is 5.02 Å². The van der Waals surface area contributed by atoms with Gasteiger partial charge < -0.3 is 25.5 Å². The fraction of sp³-hybridized carbons (Fsp3) is 0.423. The average molecular weight is 509 g/mol. The zero-order valence-electron chi connectivity index (χ0n) is 19.9. The monoisotopic (exact) mass is 508 g/mol. The molecule has 1 aliphatic heterocycles. The number of ether oxygens (including phenoxy) is 2. The molecule has 5 atom stereocenters. The number of nitrogens with two attached hydrogens (primary N) is 2. The van der Waals surface area contributed by atoms with Gasteiger partial charge in [-0.2, -0.15) is 0 Å². The standard InChI is InChI=1S/C26H26ClFN6O2/c1-25(2)35-20-19(34-6-4-14-22(29)31-11-32-24(14)34)15-10-26(15,21(20)36-25)5-3-12-9-18-13(8-17(12)28)7-16(27)23(30)33-18/h4,6-9,11,15,19-21H,3,5,10H2,1-2H3,(H2,30,33)(H2,29,31,32)/t15-,19-,20+,21+,26+/m1/s1. The molecule has 7 rings (SSSR count). The van der Waals surface area contributed by atoms with E-state index in [9.17, 15) is 0 Å². The largest absolute Gasteiger partial charge is 0.383 e. The van der Waals surface area contributed by atoms with Crippen LogP contribution in [0.5, 0.6) is 0 Å². The molecule has 3 aliphatic rings. The molecule has 0 radical (unpaired) electrons. The summed E-state index contributed by atoms with van der Waals surface area (Å²) in [5.74, 6) is 0.0663. The van der Waals surface area contributed by atoms with Crippen molar-refractivity contribution in [1.29, 1.82) is 0 Å². The first kappa shape index (κ1) is 22.2. The van der Waals surface area contributed by atoms with E-state index < -0.39 is 5.79 Å². The number of aryl methyl sites for hydroxylation is 1. The number of hydrogen-bond donors (Lipinski definition) is 2. The summed E-state index contributed by atoms with van der Waals surface area (Å²) in [4.78, 5) is 13.0. The van der Waals surface area contributed by atoms with E-state index in [4.69, 9.17) is 32.5 Å². The van der Waals surface area contributed by atoms with Crippen LogP contribution >= 0.6 is 11.6 Å². The number of rotatable bonds is 4. The molecule has 3 fully saturated rings. The van der Waals surface area contributed by atoms with Gasteiger partial charge in [0.05, 0.1) is 28.1 Å². The van der Waals surface area contributed by atoms with E-state index >= 15 is 4.39 Å². The molecule has 1 saturated heterocycles. The minimum absolute atomic E-state index is 0.0497. The summed E-state index contributed by atoms with van der Waals surface area (Å²) in [7, 11) is 0. The second-order valence-corrected chi connectivity index (χ2v) is 11.2. The molecule has 186 valence electrons. The van der Waals surface area contributed by atoms with E-state index in [1.165, 1.54) is 12.4 Å². The minimum Gasteiger partial charge on any atom is -0.383 e. The van der Waals surface area contributed by atoms with Gasteiger partial charge in [0.25, 0.3) is 0 Å². The molecule has 0 amide bonds. The number of nitrogens with zero attached hydrogens (tertiary/aromatic N) is 4. The molecule has 2 saturated carbocycles. The highest BCUT2D eigenvalue weighted by Gasteiger charge is 2.75. The van der Waals surface area contributed by atoms with Crippen molar-refractivity contribution in [2.24, 2.45) is 11.3 Å². The van der Waals surface area contributed by atoms with Gasteiger partial charge in [0.1, 0.15) is 35.5 Å². The van der Waals surface area contributed by atoms with E-state index in [0.29, 0.717) is 39.6 Å².